The smallest absolute Gasteiger partial charge is 0.184 e. The molecule has 1 aromatic carbocycles. The lowest BCUT2D eigenvalue weighted by atomic mass is 9.61. The van der Waals surface area contributed by atoms with Crippen LogP contribution in [0.1, 0.15) is 57.6 Å². The molecule has 0 saturated heterocycles. The van der Waals surface area contributed by atoms with E-state index in [4.69, 9.17) is 0 Å². The Morgan fingerprint density at radius 3 is 2.69 bits per heavy atom. The van der Waals surface area contributed by atoms with Crippen LogP contribution in [0.4, 0.5) is 0 Å². The Bertz CT molecular complexity index is 871. The minimum atomic E-state index is -0.377. The van der Waals surface area contributed by atoms with Gasteiger partial charge in [0, 0.05) is 16.6 Å². The predicted octanol–water partition coefficient (Wildman–Crippen LogP) is 4.84. The number of rotatable bonds is 1. The molecule has 0 radical (unpaired) electrons. The van der Waals surface area contributed by atoms with E-state index in [1.807, 2.05) is 44.2 Å². The standard InChI is InChI=1S/C24H26O2/c1-16(2)8-9-18-10-12-19(13-11-18)14-20-15-24(4)21(17(3)23(20)26)6-5-7-22(24)25/h10-14,22,25H,1,5-7,15H2,2-4H3/b20-14+/t22-,24-/m0/s1. The molecule has 2 aliphatic rings. The Morgan fingerprint density at radius 2 is 2.04 bits per heavy atom. The van der Waals surface area contributed by atoms with Crippen LogP contribution in [0.15, 0.2) is 53.1 Å². The molecule has 2 heteroatoms. The van der Waals surface area contributed by atoms with Gasteiger partial charge in [0.15, 0.2) is 5.78 Å². The first-order valence-corrected chi connectivity index (χ1v) is 9.22. The van der Waals surface area contributed by atoms with E-state index in [2.05, 4.69) is 25.3 Å². The van der Waals surface area contributed by atoms with Gasteiger partial charge < -0.3 is 5.11 Å². The van der Waals surface area contributed by atoms with E-state index in [-0.39, 0.29) is 17.3 Å². The first-order chi connectivity index (χ1) is 12.3. The second-order valence-electron chi connectivity index (χ2n) is 7.76. The van der Waals surface area contributed by atoms with Crippen molar-refractivity contribution in [2.75, 3.05) is 0 Å². The average Bonchev–Trinajstić information content (AvgIpc) is 2.61. The number of benzene rings is 1. The molecule has 0 amide bonds. The molecule has 1 aromatic rings. The van der Waals surface area contributed by atoms with Gasteiger partial charge in [-0.2, -0.15) is 0 Å². The molecule has 1 N–H and O–H groups in total. The number of fused-ring (bicyclic) bond motifs is 1. The number of carbonyl (C=O) groups is 1. The fourth-order valence-corrected chi connectivity index (χ4v) is 4.13. The van der Waals surface area contributed by atoms with Crippen LogP contribution in [-0.2, 0) is 4.79 Å². The Labute approximate surface area is 156 Å². The minimum Gasteiger partial charge on any atom is -0.392 e. The average molecular weight is 346 g/mol. The molecule has 0 heterocycles. The van der Waals surface area contributed by atoms with Gasteiger partial charge in [-0.15, -0.1) is 0 Å². The van der Waals surface area contributed by atoms with Gasteiger partial charge in [0.05, 0.1) is 6.10 Å². The number of carbonyl (C=O) groups excluding carboxylic acids is 1. The first kappa shape index (κ1) is 18.4. The van der Waals surface area contributed by atoms with Crippen LogP contribution >= 0.6 is 0 Å². The van der Waals surface area contributed by atoms with Crippen LogP contribution in [0.5, 0.6) is 0 Å². The summed E-state index contributed by atoms with van der Waals surface area (Å²) < 4.78 is 0. The number of allylic oxidation sites excluding steroid dienone is 3. The predicted molar refractivity (Wildman–Crippen MR) is 106 cm³/mol. The van der Waals surface area contributed by atoms with Gasteiger partial charge >= 0.3 is 0 Å². The van der Waals surface area contributed by atoms with Gasteiger partial charge in [0.25, 0.3) is 0 Å². The van der Waals surface area contributed by atoms with E-state index in [1.165, 1.54) is 0 Å². The lowest BCUT2D eigenvalue weighted by Gasteiger charge is -2.45. The molecule has 0 bridgehead atoms. The third kappa shape index (κ3) is 3.45. The topological polar surface area (TPSA) is 37.3 Å². The van der Waals surface area contributed by atoms with Crippen LogP contribution < -0.4 is 0 Å². The molecule has 0 unspecified atom stereocenters. The van der Waals surface area contributed by atoms with Crippen molar-refractivity contribution in [2.24, 2.45) is 5.41 Å². The van der Waals surface area contributed by atoms with Gasteiger partial charge in [-0.25, -0.2) is 0 Å². The summed E-state index contributed by atoms with van der Waals surface area (Å²) in [7, 11) is 0. The maximum atomic E-state index is 12.8. The van der Waals surface area contributed by atoms with Crippen molar-refractivity contribution < 1.29 is 9.90 Å². The normalized spacial score (nSPS) is 27.0. The summed E-state index contributed by atoms with van der Waals surface area (Å²) in [5, 5.41) is 10.6. The van der Waals surface area contributed by atoms with Crippen molar-refractivity contribution in [3.63, 3.8) is 0 Å². The Morgan fingerprint density at radius 1 is 1.35 bits per heavy atom. The van der Waals surface area contributed by atoms with E-state index in [0.29, 0.717) is 6.42 Å². The Kier molecular flexibility index (Phi) is 5.03. The number of ketones is 1. The van der Waals surface area contributed by atoms with Crippen LogP contribution in [-0.4, -0.2) is 17.0 Å². The molecule has 26 heavy (non-hydrogen) atoms. The van der Waals surface area contributed by atoms with Crippen molar-refractivity contribution >= 4 is 11.9 Å². The Hall–Kier alpha value is -2.37. The molecular formula is C24H26O2. The van der Waals surface area contributed by atoms with E-state index in [1.54, 1.807) is 0 Å². The van der Waals surface area contributed by atoms with Crippen molar-refractivity contribution in [1.82, 2.24) is 0 Å². The van der Waals surface area contributed by atoms with Crippen molar-refractivity contribution in [3.8, 4) is 11.8 Å². The zero-order chi connectivity index (χ0) is 18.9. The summed E-state index contributed by atoms with van der Waals surface area (Å²) in [5.74, 6) is 6.15. The minimum absolute atomic E-state index is 0.123. The number of aliphatic hydroxyl groups excluding tert-OH is 1. The van der Waals surface area contributed by atoms with E-state index >= 15 is 0 Å². The molecule has 2 atom stereocenters. The fourth-order valence-electron chi connectivity index (χ4n) is 4.13. The quantitative estimate of drug-likeness (QED) is 0.584. The van der Waals surface area contributed by atoms with E-state index in [9.17, 15) is 9.90 Å². The number of hydrogen-bond donors (Lipinski definition) is 1. The molecule has 2 aliphatic carbocycles. The highest BCUT2D eigenvalue weighted by Crippen LogP contribution is 2.50. The van der Waals surface area contributed by atoms with Crippen LogP contribution in [0.25, 0.3) is 6.08 Å². The highest BCUT2D eigenvalue weighted by atomic mass is 16.3. The zero-order valence-corrected chi connectivity index (χ0v) is 15.9. The summed E-state index contributed by atoms with van der Waals surface area (Å²) in [5.41, 5.74) is 5.21. The fraction of sp³-hybridized carbons (Fsp3) is 0.375. The highest BCUT2D eigenvalue weighted by Gasteiger charge is 2.45. The number of aliphatic hydroxyl groups is 1. The summed E-state index contributed by atoms with van der Waals surface area (Å²) in [4.78, 5) is 12.8. The lowest BCUT2D eigenvalue weighted by Crippen LogP contribution is -2.42. The molecule has 3 rings (SSSR count). The number of hydrogen-bond acceptors (Lipinski definition) is 2. The molecule has 0 spiro atoms. The number of Topliss-reactive ketones (excluding diaryl/α,β-unsaturated/α-hetero) is 1. The maximum absolute atomic E-state index is 12.8. The summed E-state index contributed by atoms with van der Waals surface area (Å²) in [6.45, 7) is 9.68. The molecular weight excluding hydrogens is 320 g/mol. The third-order valence-electron chi connectivity index (χ3n) is 5.64. The molecule has 0 aliphatic heterocycles. The molecule has 0 aromatic heterocycles. The largest absolute Gasteiger partial charge is 0.392 e. The summed E-state index contributed by atoms with van der Waals surface area (Å²) in [6, 6.07) is 7.88. The van der Waals surface area contributed by atoms with E-state index < -0.39 is 0 Å². The molecule has 2 nitrogen and oxygen atoms in total. The SMILES string of the molecule is C=C(C)C#Cc1ccc(/C=C2\C[C@@]3(C)C(=C(C)C2=O)CCC[C@@H]3O)cc1. The van der Waals surface area contributed by atoms with Crippen LogP contribution in [0.3, 0.4) is 0 Å². The van der Waals surface area contributed by atoms with E-state index in [0.717, 1.165) is 52.7 Å². The Balaban J connectivity index is 1.92. The van der Waals surface area contributed by atoms with Gasteiger partial charge in [-0.05, 0) is 74.4 Å². The monoisotopic (exact) mass is 346 g/mol. The second-order valence-corrected chi connectivity index (χ2v) is 7.76. The molecule has 1 saturated carbocycles. The summed E-state index contributed by atoms with van der Waals surface area (Å²) in [6.07, 6.45) is 4.89. The van der Waals surface area contributed by atoms with Gasteiger partial charge in [-0.3, -0.25) is 4.79 Å². The van der Waals surface area contributed by atoms with Crippen molar-refractivity contribution in [3.05, 3.63) is 64.3 Å². The van der Waals surface area contributed by atoms with Crippen molar-refractivity contribution in [1.29, 1.82) is 0 Å². The van der Waals surface area contributed by atoms with Crippen molar-refractivity contribution in [2.45, 2.75) is 52.6 Å². The lowest BCUT2D eigenvalue weighted by molar-refractivity contribution is -0.113. The zero-order valence-electron chi connectivity index (χ0n) is 15.9. The van der Waals surface area contributed by atoms with Gasteiger partial charge in [0.2, 0.25) is 0 Å². The third-order valence-corrected chi connectivity index (χ3v) is 5.64. The van der Waals surface area contributed by atoms with Crippen LogP contribution in [0.2, 0.25) is 0 Å². The first-order valence-electron chi connectivity index (χ1n) is 9.22. The highest BCUT2D eigenvalue weighted by molar-refractivity contribution is 6.12. The molecule has 1 fully saturated rings. The second kappa shape index (κ2) is 7.09. The van der Waals surface area contributed by atoms with Crippen LogP contribution in [0, 0.1) is 17.3 Å². The summed E-state index contributed by atoms with van der Waals surface area (Å²) >= 11 is 0. The molecule has 134 valence electrons. The maximum Gasteiger partial charge on any atom is 0.184 e. The van der Waals surface area contributed by atoms with Gasteiger partial charge in [-0.1, -0.05) is 43.0 Å². The van der Waals surface area contributed by atoms with Gasteiger partial charge in [0.1, 0.15) is 0 Å².